The van der Waals surface area contributed by atoms with Gasteiger partial charge in [0.2, 0.25) is 0 Å². The molecule has 0 saturated heterocycles. The molecule has 1 fully saturated rings. The first kappa shape index (κ1) is 13.1. The van der Waals surface area contributed by atoms with Crippen molar-refractivity contribution in [3.8, 4) is 0 Å². The van der Waals surface area contributed by atoms with E-state index in [0.717, 1.165) is 24.8 Å². The Bertz CT molecular complexity index is 419. The van der Waals surface area contributed by atoms with Crippen molar-refractivity contribution in [1.82, 2.24) is 0 Å². The molecule has 1 aliphatic carbocycles. The fourth-order valence-corrected chi connectivity index (χ4v) is 2.27. The van der Waals surface area contributed by atoms with Gasteiger partial charge >= 0.3 is 5.97 Å². The molecule has 0 aliphatic heterocycles. The average molecular weight is 249 g/mol. The van der Waals surface area contributed by atoms with Crippen LogP contribution < -0.4 is 5.73 Å². The van der Waals surface area contributed by atoms with Crippen molar-refractivity contribution in [3.63, 3.8) is 0 Å². The van der Waals surface area contributed by atoms with Crippen molar-refractivity contribution in [2.75, 3.05) is 7.11 Å². The van der Waals surface area contributed by atoms with Gasteiger partial charge in [-0.15, -0.1) is 0 Å². The van der Waals surface area contributed by atoms with Crippen molar-refractivity contribution < 1.29 is 14.3 Å². The predicted molar refractivity (Wildman–Crippen MR) is 68.2 cm³/mol. The smallest absolute Gasteiger partial charge is 0.337 e. The zero-order valence-corrected chi connectivity index (χ0v) is 10.6. The Morgan fingerprint density at radius 3 is 2.94 bits per heavy atom. The highest BCUT2D eigenvalue weighted by atomic mass is 16.5. The molecule has 0 radical (unpaired) electrons. The minimum atomic E-state index is -0.325. The molecule has 2 N–H and O–H groups in total. The first-order valence-corrected chi connectivity index (χ1v) is 6.25. The van der Waals surface area contributed by atoms with E-state index in [9.17, 15) is 4.79 Å². The third kappa shape index (κ3) is 3.09. The Hall–Kier alpha value is -1.39. The maximum atomic E-state index is 11.4. The van der Waals surface area contributed by atoms with Crippen LogP contribution in [0.5, 0.6) is 0 Å². The topological polar surface area (TPSA) is 61.5 Å². The number of esters is 1. The molecule has 0 aromatic heterocycles. The van der Waals surface area contributed by atoms with E-state index in [2.05, 4.69) is 4.74 Å². The number of nitrogens with two attached hydrogens (primary N) is 1. The molecule has 1 aromatic rings. The van der Waals surface area contributed by atoms with Gasteiger partial charge in [0.05, 0.1) is 25.4 Å². The summed E-state index contributed by atoms with van der Waals surface area (Å²) in [5.41, 5.74) is 7.46. The van der Waals surface area contributed by atoms with Crippen LogP contribution in [0.2, 0.25) is 0 Å². The van der Waals surface area contributed by atoms with Crippen LogP contribution in [0.1, 0.15) is 35.2 Å². The van der Waals surface area contributed by atoms with Crippen molar-refractivity contribution in [2.45, 2.75) is 38.0 Å². The molecule has 0 heterocycles. The van der Waals surface area contributed by atoms with Crippen LogP contribution in [0.4, 0.5) is 0 Å². The minimum absolute atomic E-state index is 0.145. The minimum Gasteiger partial charge on any atom is -0.465 e. The highest BCUT2D eigenvalue weighted by Gasteiger charge is 2.24. The molecular formula is C14H19NO3. The maximum absolute atomic E-state index is 11.4. The summed E-state index contributed by atoms with van der Waals surface area (Å²) in [5, 5.41) is 0. The summed E-state index contributed by atoms with van der Waals surface area (Å²) < 4.78 is 10.5. The molecule has 1 aliphatic rings. The molecule has 98 valence electrons. The first-order chi connectivity index (χ1) is 8.70. The Morgan fingerprint density at radius 2 is 2.28 bits per heavy atom. The van der Waals surface area contributed by atoms with E-state index in [-0.39, 0.29) is 18.1 Å². The van der Waals surface area contributed by atoms with E-state index in [4.69, 9.17) is 10.5 Å². The summed E-state index contributed by atoms with van der Waals surface area (Å²) in [6.07, 6.45) is 3.34. The van der Waals surface area contributed by atoms with Gasteiger partial charge in [0, 0.05) is 6.04 Å². The van der Waals surface area contributed by atoms with Crippen molar-refractivity contribution >= 4 is 5.97 Å². The zero-order valence-electron chi connectivity index (χ0n) is 10.6. The number of hydrogen-bond acceptors (Lipinski definition) is 4. The Morgan fingerprint density at radius 1 is 1.44 bits per heavy atom. The van der Waals surface area contributed by atoms with Gasteiger partial charge in [-0.25, -0.2) is 4.79 Å². The van der Waals surface area contributed by atoms with Gasteiger partial charge in [0.1, 0.15) is 0 Å². The number of benzene rings is 1. The number of hydrogen-bond donors (Lipinski definition) is 1. The van der Waals surface area contributed by atoms with E-state index in [1.165, 1.54) is 7.11 Å². The largest absolute Gasteiger partial charge is 0.465 e. The lowest BCUT2D eigenvalue weighted by Crippen LogP contribution is -2.31. The number of carbonyl (C=O) groups is 1. The van der Waals surface area contributed by atoms with Crippen LogP contribution in [-0.2, 0) is 16.1 Å². The zero-order chi connectivity index (χ0) is 13.0. The fraction of sp³-hybridized carbons (Fsp3) is 0.500. The third-order valence-electron chi connectivity index (χ3n) is 3.32. The predicted octanol–water partition coefficient (Wildman–Crippen LogP) is 1.87. The van der Waals surface area contributed by atoms with Gasteiger partial charge in [-0.1, -0.05) is 12.1 Å². The van der Waals surface area contributed by atoms with E-state index in [1.807, 2.05) is 12.1 Å². The molecule has 1 saturated carbocycles. The van der Waals surface area contributed by atoms with Gasteiger partial charge in [-0.2, -0.15) is 0 Å². The lowest BCUT2D eigenvalue weighted by Gasteiger charge is -2.16. The van der Waals surface area contributed by atoms with E-state index in [0.29, 0.717) is 12.2 Å². The molecule has 2 atom stereocenters. The highest BCUT2D eigenvalue weighted by molar-refractivity contribution is 5.89. The second-order valence-corrected chi connectivity index (χ2v) is 4.64. The Labute approximate surface area is 107 Å². The average Bonchev–Trinajstić information content (AvgIpc) is 2.81. The van der Waals surface area contributed by atoms with Crippen molar-refractivity contribution in [3.05, 3.63) is 35.4 Å². The standard InChI is InChI=1S/C14H19NO3/c1-17-14(16)11-5-2-4-10(8-11)9-18-13-7-3-6-12(13)15/h2,4-5,8,12-13H,3,6-7,9,15H2,1H3/t12-,13-/m0/s1. The van der Waals surface area contributed by atoms with Gasteiger partial charge in [0.15, 0.2) is 0 Å². The van der Waals surface area contributed by atoms with Crippen LogP contribution in [-0.4, -0.2) is 25.2 Å². The van der Waals surface area contributed by atoms with Crippen LogP contribution in [0, 0.1) is 0 Å². The van der Waals surface area contributed by atoms with Gasteiger partial charge in [0.25, 0.3) is 0 Å². The van der Waals surface area contributed by atoms with Crippen molar-refractivity contribution in [1.29, 1.82) is 0 Å². The van der Waals surface area contributed by atoms with Gasteiger partial charge in [-0.05, 0) is 37.0 Å². The number of rotatable bonds is 4. The number of ether oxygens (including phenoxy) is 2. The Balaban J connectivity index is 1.95. The molecule has 0 unspecified atom stereocenters. The number of carbonyl (C=O) groups excluding carboxylic acids is 1. The van der Waals surface area contributed by atoms with E-state index in [1.54, 1.807) is 12.1 Å². The maximum Gasteiger partial charge on any atom is 0.337 e. The van der Waals surface area contributed by atoms with Crippen LogP contribution in [0.25, 0.3) is 0 Å². The summed E-state index contributed by atoms with van der Waals surface area (Å²) in [6.45, 7) is 0.489. The van der Waals surface area contributed by atoms with Crippen molar-refractivity contribution in [2.24, 2.45) is 5.73 Å². The summed E-state index contributed by atoms with van der Waals surface area (Å²) in [5.74, 6) is -0.325. The second kappa shape index (κ2) is 5.98. The van der Waals surface area contributed by atoms with E-state index >= 15 is 0 Å². The van der Waals surface area contributed by atoms with E-state index < -0.39 is 0 Å². The molecule has 18 heavy (non-hydrogen) atoms. The molecule has 1 aromatic carbocycles. The van der Waals surface area contributed by atoms with Crippen LogP contribution in [0.3, 0.4) is 0 Å². The molecule has 0 spiro atoms. The highest BCUT2D eigenvalue weighted by Crippen LogP contribution is 2.21. The first-order valence-electron chi connectivity index (χ1n) is 6.25. The Kier molecular flexibility index (Phi) is 4.33. The molecule has 0 bridgehead atoms. The fourth-order valence-electron chi connectivity index (χ4n) is 2.27. The third-order valence-corrected chi connectivity index (χ3v) is 3.32. The molecular weight excluding hydrogens is 230 g/mol. The lowest BCUT2D eigenvalue weighted by molar-refractivity contribution is 0.0356. The summed E-state index contributed by atoms with van der Waals surface area (Å²) in [4.78, 5) is 11.4. The SMILES string of the molecule is COC(=O)c1cccc(CO[C@H]2CCC[C@@H]2N)c1. The van der Waals surface area contributed by atoms with Crippen LogP contribution >= 0.6 is 0 Å². The van der Waals surface area contributed by atoms with Gasteiger partial charge < -0.3 is 15.2 Å². The summed E-state index contributed by atoms with van der Waals surface area (Å²) in [6, 6.07) is 7.45. The summed E-state index contributed by atoms with van der Waals surface area (Å²) in [7, 11) is 1.38. The molecule has 4 nitrogen and oxygen atoms in total. The monoisotopic (exact) mass is 249 g/mol. The lowest BCUT2D eigenvalue weighted by atomic mass is 10.1. The number of methoxy groups -OCH3 is 1. The molecule has 0 amide bonds. The van der Waals surface area contributed by atoms with Gasteiger partial charge in [-0.3, -0.25) is 0 Å². The molecule has 2 rings (SSSR count). The normalized spacial score (nSPS) is 23.0. The van der Waals surface area contributed by atoms with Crippen LogP contribution in [0.15, 0.2) is 24.3 Å². The molecule has 4 heteroatoms. The summed E-state index contributed by atoms with van der Waals surface area (Å²) >= 11 is 0. The second-order valence-electron chi connectivity index (χ2n) is 4.64. The quantitative estimate of drug-likeness (QED) is 0.827.